The molecule has 0 aliphatic carbocycles. The molecule has 1 aromatic heterocycles. The molecule has 0 aliphatic rings. The molecule has 2 atom stereocenters. The Morgan fingerprint density at radius 1 is 1.40 bits per heavy atom. The number of hydrogen-bond donors (Lipinski definition) is 2. The van der Waals surface area contributed by atoms with Gasteiger partial charge in [0.2, 0.25) is 0 Å². The first kappa shape index (κ1) is 15.0. The Hall–Kier alpha value is -1.43. The largest absolute Gasteiger partial charge is 0.497 e. The van der Waals surface area contributed by atoms with Crippen LogP contribution in [0.15, 0.2) is 35.0 Å². The van der Waals surface area contributed by atoms with Crippen LogP contribution in [0.1, 0.15) is 30.2 Å². The molecule has 1 aromatic carbocycles. The zero-order valence-corrected chi connectivity index (χ0v) is 12.3. The molecule has 2 aromatic rings. The van der Waals surface area contributed by atoms with Crippen LogP contribution in [0.3, 0.4) is 0 Å². The van der Waals surface area contributed by atoms with Crippen LogP contribution in [0.5, 0.6) is 5.75 Å². The van der Waals surface area contributed by atoms with Crippen molar-refractivity contribution in [2.75, 3.05) is 13.7 Å². The fourth-order valence-corrected chi connectivity index (χ4v) is 2.67. The molecule has 5 heteroatoms. The van der Waals surface area contributed by atoms with Crippen LogP contribution < -0.4 is 10.1 Å². The number of methoxy groups -OCH3 is 1. The molecule has 0 saturated heterocycles. The zero-order valence-electron chi connectivity index (χ0n) is 11.5. The van der Waals surface area contributed by atoms with Crippen molar-refractivity contribution >= 4 is 11.3 Å². The number of hydrogen-bond acceptors (Lipinski definition) is 4. The summed E-state index contributed by atoms with van der Waals surface area (Å²) in [6.45, 7) is 2.24. The average molecular weight is 295 g/mol. The Kier molecular flexibility index (Phi) is 5.11. The molecule has 0 fully saturated rings. The summed E-state index contributed by atoms with van der Waals surface area (Å²) >= 11 is 1.54. The predicted molar refractivity (Wildman–Crippen MR) is 78.6 cm³/mol. The van der Waals surface area contributed by atoms with Crippen molar-refractivity contribution < 1.29 is 14.2 Å². The van der Waals surface area contributed by atoms with Gasteiger partial charge in [0.15, 0.2) is 0 Å². The van der Waals surface area contributed by atoms with Crippen LogP contribution in [0.25, 0.3) is 0 Å². The monoisotopic (exact) mass is 295 g/mol. The summed E-state index contributed by atoms with van der Waals surface area (Å²) < 4.78 is 18.9. The molecule has 20 heavy (non-hydrogen) atoms. The Morgan fingerprint density at radius 2 is 2.20 bits per heavy atom. The fourth-order valence-electron chi connectivity index (χ4n) is 1.97. The molecule has 1 heterocycles. The Balaban J connectivity index is 1.96. The van der Waals surface area contributed by atoms with E-state index in [0.29, 0.717) is 17.9 Å². The third-order valence-corrected chi connectivity index (χ3v) is 3.92. The Bertz CT molecular complexity index is 545. The maximum absolute atomic E-state index is 13.9. The van der Waals surface area contributed by atoms with Gasteiger partial charge in [-0.3, -0.25) is 0 Å². The summed E-state index contributed by atoms with van der Waals surface area (Å²) in [6.07, 6.45) is -0.579. The molecule has 0 amide bonds. The van der Waals surface area contributed by atoms with Gasteiger partial charge < -0.3 is 15.2 Å². The summed E-state index contributed by atoms with van der Waals surface area (Å²) in [6, 6.07) is 6.49. The van der Waals surface area contributed by atoms with E-state index in [1.807, 2.05) is 23.8 Å². The van der Waals surface area contributed by atoms with Crippen molar-refractivity contribution in [1.29, 1.82) is 0 Å². The van der Waals surface area contributed by atoms with Crippen molar-refractivity contribution in [3.63, 3.8) is 0 Å². The molecule has 2 rings (SSSR count). The van der Waals surface area contributed by atoms with E-state index in [-0.39, 0.29) is 11.9 Å². The van der Waals surface area contributed by atoms with Gasteiger partial charge in [-0.1, -0.05) is 6.07 Å². The van der Waals surface area contributed by atoms with Crippen molar-refractivity contribution in [2.24, 2.45) is 0 Å². The topological polar surface area (TPSA) is 41.5 Å². The predicted octanol–water partition coefficient (Wildman–Crippen LogP) is 3.28. The molecule has 0 aliphatic heterocycles. The number of aliphatic hydroxyl groups is 1. The summed E-state index contributed by atoms with van der Waals surface area (Å²) in [5.74, 6) is 0.186. The summed E-state index contributed by atoms with van der Waals surface area (Å²) in [4.78, 5) is 0. The molecule has 0 radical (unpaired) electrons. The Morgan fingerprint density at radius 3 is 2.80 bits per heavy atom. The van der Waals surface area contributed by atoms with E-state index in [1.54, 1.807) is 23.5 Å². The number of aliphatic hydroxyl groups excluding tert-OH is 1. The van der Waals surface area contributed by atoms with Crippen LogP contribution in [0, 0.1) is 5.82 Å². The van der Waals surface area contributed by atoms with Gasteiger partial charge in [0.05, 0.1) is 13.2 Å². The first-order valence-electron chi connectivity index (χ1n) is 6.38. The van der Waals surface area contributed by atoms with E-state index in [1.165, 1.54) is 13.2 Å². The van der Waals surface area contributed by atoms with E-state index in [2.05, 4.69) is 5.32 Å². The standard InChI is InChI=1S/C15H18FNO2S/c1-10(13-4-3-12(19-2)7-14(13)16)17-8-15(18)11-5-6-20-9-11/h3-7,9-10,15,17-18H,8H2,1-2H3. The van der Waals surface area contributed by atoms with E-state index in [0.717, 1.165) is 5.56 Å². The van der Waals surface area contributed by atoms with Gasteiger partial charge >= 0.3 is 0 Å². The number of benzene rings is 1. The van der Waals surface area contributed by atoms with E-state index in [4.69, 9.17) is 4.74 Å². The number of halogens is 1. The molecular weight excluding hydrogens is 277 g/mol. The van der Waals surface area contributed by atoms with Crippen molar-refractivity contribution in [2.45, 2.75) is 19.1 Å². The van der Waals surface area contributed by atoms with Crippen LogP contribution in [-0.2, 0) is 0 Å². The lowest BCUT2D eigenvalue weighted by molar-refractivity contribution is 0.171. The highest BCUT2D eigenvalue weighted by molar-refractivity contribution is 7.07. The first-order valence-corrected chi connectivity index (χ1v) is 7.33. The van der Waals surface area contributed by atoms with Crippen LogP contribution >= 0.6 is 11.3 Å². The smallest absolute Gasteiger partial charge is 0.131 e. The highest BCUT2D eigenvalue weighted by Crippen LogP contribution is 2.22. The molecular formula is C15H18FNO2S. The van der Waals surface area contributed by atoms with Crippen LogP contribution in [0.4, 0.5) is 4.39 Å². The van der Waals surface area contributed by atoms with Gasteiger partial charge in [-0.25, -0.2) is 4.39 Å². The number of rotatable bonds is 6. The molecule has 2 N–H and O–H groups in total. The third kappa shape index (κ3) is 3.56. The van der Waals surface area contributed by atoms with Gasteiger partial charge in [0.1, 0.15) is 11.6 Å². The van der Waals surface area contributed by atoms with E-state index >= 15 is 0 Å². The highest BCUT2D eigenvalue weighted by atomic mass is 32.1. The summed E-state index contributed by atoms with van der Waals surface area (Å²) in [5.41, 5.74) is 1.44. The van der Waals surface area contributed by atoms with Gasteiger partial charge in [-0.05, 0) is 35.4 Å². The van der Waals surface area contributed by atoms with Gasteiger partial charge in [0, 0.05) is 24.2 Å². The number of nitrogens with one attached hydrogen (secondary N) is 1. The maximum atomic E-state index is 13.9. The second kappa shape index (κ2) is 6.83. The minimum Gasteiger partial charge on any atom is -0.497 e. The van der Waals surface area contributed by atoms with Gasteiger partial charge in [0.25, 0.3) is 0 Å². The fraction of sp³-hybridized carbons (Fsp3) is 0.333. The minimum atomic E-state index is -0.579. The maximum Gasteiger partial charge on any atom is 0.131 e. The van der Waals surface area contributed by atoms with Crippen LogP contribution in [0.2, 0.25) is 0 Å². The molecule has 0 saturated carbocycles. The van der Waals surface area contributed by atoms with Gasteiger partial charge in [-0.2, -0.15) is 11.3 Å². The lowest BCUT2D eigenvalue weighted by Crippen LogP contribution is -2.25. The molecule has 108 valence electrons. The lowest BCUT2D eigenvalue weighted by atomic mass is 10.1. The van der Waals surface area contributed by atoms with Crippen molar-refractivity contribution in [1.82, 2.24) is 5.32 Å². The second-order valence-corrected chi connectivity index (χ2v) is 5.37. The van der Waals surface area contributed by atoms with Gasteiger partial charge in [-0.15, -0.1) is 0 Å². The average Bonchev–Trinajstić information content (AvgIpc) is 2.98. The minimum absolute atomic E-state index is 0.186. The lowest BCUT2D eigenvalue weighted by Gasteiger charge is -2.18. The second-order valence-electron chi connectivity index (χ2n) is 4.59. The van der Waals surface area contributed by atoms with E-state index in [9.17, 15) is 9.50 Å². The first-order chi connectivity index (χ1) is 9.61. The molecule has 3 nitrogen and oxygen atoms in total. The summed E-state index contributed by atoms with van der Waals surface area (Å²) in [7, 11) is 1.51. The summed E-state index contributed by atoms with van der Waals surface area (Å²) in [5, 5.41) is 17.0. The highest BCUT2D eigenvalue weighted by Gasteiger charge is 2.14. The Labute approximate surface area is 122 Å². The zero-order chi connectivity index (χ0) is 14.5. The van der Waals surface area contributed by atoms with E-state index < -0.39 is 6.10 Å². The number of ether oxygens (including phenoxy) is 1. The quantitative estimate of drug-likeness (QED) is 0.859. The SMILES string of the molecule is COc1ccc(C(C)NCC(O)c2ccsc2)c(F)c1. The number of thiophene rings is 1. The third-order valence-electron chi connectivity index (χ3n) is 3.22. The molecule has 0 spiro atoms. The van der Waals surface area contributed by atoms with Crippen molar-refractivity contribution in [3.8, 4) is 5.75 Å². The molecule has 2 unspecified atom stereocenters. The normalized spacial score (nSPS) is 14.0. The van der Waals surface area contributed by atoms with Crippen LogP contribution in [-0.4, -0.2) is 18.8 Å². The molecule has 0 bridgehead atoms. The van der Waals surface area contributed by atoms with Crippen molar-refractivity contribution in [3.05, 3.63) is 52.0 Å².